The minimum absolute atomic E-state index is 0.00522. The van der Waals surface area contributed by atoms with E-state index in [1.165, 1.54) is 0 Å². The van der Waals surface area contributed by atoms with E-state index in [0.717, 1.165) is 5.56 Å². The van der Waals surface area contributed by atoms with Crippen molar-refractivity contribution in [3.8, 4) is 11.4 Å². The van der Waals surface area contributed by atoms with Crippen molar-refractivity contribution in [2.75, 3.05) is 13.1 Å². The number of nitrogens with one attached hydrogen (secondary N) is 1. The van der Waals surface area contributed by atoms with Gasteiger partial charge in [0, 0.05) is 48.8 Å². The van der Waals surface area contributed by atoms with Crippen molar-refractivity contribution in [1.82, 2.24) is 20.4 Å². The van der Waals surface area contributed by atoms with Crippen LogP contribution in [0.5, 0.6) is 0 Å². The molecule has 28 heavy (non-hydrogen) atoms. The van der Waals surface area contributed by atoms with E-state index in [1.54, 1.807) is 11.3 Å². The van der Waals surface area contributed by atoms with Crippen LogP contribution in [-0.4, -0.2) is 46.0 Å². The van der Waals surface area contributed by atoms with Crippen LogP contribution in [0.1, 0.15) is 45.9 Å². The Morgan fingerprint density at radius 3 is 2.71 bits per heavy atom. The molecule has 0 aliphatic carbocycles. The zero-order valence-corrected chi connectivity index (χ0v) is 17.5. The molecule has 1 aliphatic heterocycles. The number of piperidine rings is 1. The van der Waals surface area contributed by atoms with Crippen LogP contribution in [0, 0.1) is 11.8 Å². The van der Waals surface area contributed by atoms with E-state index in [2.05, 4.69) is 29.3 Å². The van der Waals surface area contributed by atoms with Gasteiger partial charge in [-0.1, -0.05) is 19.0 Å². The van der Waals surface area contributed by atoms with Gasteiger partial charge in [-0.25, -0.2) is 0 Å². The zero-order valence-electron chi connectivity index (χ0n) is 16.7. The topological polar surface area (TPSA) is 88.3 Å². The molecule has 3 heterocycles. The molecule has 7 nitrogen and oxygen atoms in total. The number of carbonyl (C=O) groups is 2. The second-order valence-electron chi connectivity index (χ2n) is 7.72. The lowest BCUT2D eigenvalue weighted by atomic mass is 9.94. The number of nitrogens with zero attached hydrogens (tertiary/aromatic N) is 3. The van der Waals surface area contributed by atoms with E-state index in [9.17, 15) is 9.59 Å². The number of rotatable bonds is 7. The molecule has 152 valence electrons. The van der Waals surface area contributed by atoms with Crippen molar-refractivity contribution < 1.29 is 14.1 Å². The van der Waals surface area contributed by atoms with Crippen LogP contribution < -0.4 is 5.32 Å². The number of aryl methyl sites for hydroxylation is 1. The van der Waals surface area contributed by atoms with Crippen LogP contribution in [0.2, 0.25) is 0 Å². The third-order valence-corrected chi connectivity index (χ3v) is 6.07. The van der Waals surface area contributed by atoms with Gasteiger partial charge in [0.05, 0.1) is 0 Å². The second kappa shape index (κ2) is 9.32. The van der Waals surface area contributed by atoms with Gasteiger partial charge in [-0.15, -0.1) is 0 Å². The Morgan fingerprint density at radius 1 is 1.32 bits per heavy atom. The molecule has 2 amide bonds. The number of likely N-dealkylation sites (tertiary alicyclic amines) is 1. The first-order chi connectivity index (χ1) is 13.4. The molecule has 2 aromatic heterocycles. The predicted molar refractivity (Wildman–Crippen MR) is 108 cm³/mol. The second-order valence-corrected chi connectivity index (χ2v) is 8.50. The van der Waals surface area contributed by atoms with Crippen molar-refractivity contribution in [3.05, 3.63) is 22.7 Å². The van der Waals surface area contributed by atoms with E-state index in [1.807, 2.05) is 28.7 Å². The molecule has 2 aromatic rings. The van der Waals surface area contributed by atoms with Crippen molar-refractivity contribution in [1.29, 1.82) is 0 Å². The van der Waals surface area contributed by atoms with Crippen molar-refractivity contribution in [3.63, 3.8) is 0 Å². The van der Waals surface area contributed by atoms with Crippen LogP contribution >= 0.6 is 11.3 Å². The molecule has 0 bridgehead atoms. The van der Waals surface area contributed by atoms with E-state index in [0.29, 0.717) is 56.4 Å². The quantitative estimate of drug-likeness (QED) is 0.766. The van der Waals surface area contributed by atoms with Crippen molar-refractivity contribution >= 4 is 23.2 Å². The number of hydrogen-bond acceptors (Lipinski definition) is 6. The first-order valence-corrected chi connectivity index (χ1v) is 10.8. The highest BCUT2D eigenvalue weighted by Gasteiger charge is 2.28. The Labute approximate surface area is 169 Å². The third kappa shape index (κ3) is 5.19. The molecular weight excluding hydrogens is 376 g/mol. The van der Waals surface area contributed by atoms with Gasteiger partial charge in [0.1, 0.15) is 0 Å². The number of thiophene rings is 1. The summed E-state index contributed by atoms with van der Waals surface area (Å²) in [6, 6.07) is 2.10. The first-order valence-electron chi connectivity index (χ1n) is 9.87. The first kappa shape index (κ1) is 20.5. The number of amides is 2. The molecule has 0 radical (unpaired) electrons. The van der Waals surface area contributed by atoms with Gasteiger partial charge in [-0.3, -0.25) is 9.59 Å². The van der Waals surface area contributed by atoms with E-state index < -0.39 is 0 Å². The molecule has 3 rings (SSSR count). The fourth-order valence-corrected chi connectivity index (χ4v) is 3.77. The summed E-state index contributed by atoms with van der Waals surface area (Å²) in [6.07, 6.45) is 2.20. The van der Waals surface area contributed by atoms with Crippen LogP contribution in [0.4, 0.5) is 0 Å². The van der Waals surface area contributed by atoms with Gasteiger partial charge in [-0.05, 0) is 37.1 Å². The third-order valence-electron chi connectivity index (χ3n) is 5.39. The molecule has 1 unspecified atom stereocenters. The van der Waals surface area contributed by atoms with Crippen LogP contribution in [0.3, 0.4) is 0 Å². The molecule has 1 fully saturated rings. The Bertz CT molecular complexity index is 779. The van der Waals surface area contributed by atoms with Crippen LogP contribution in [0.25, 0.3) is 11.4 Å². The van der Waals surface area contributed by atoms with E-state index in [4.69, 9.17) is 4.52 Å². The normalized spacial score (nSPS) is 16.4. The lowest BCUT2D eigenvalue weighted by Crippen LogP contribution is -2.45. The fourth-order valence-electron chi connectivity index (χ4n) is 3.14. The van der Waals surface area contributed by atoms with Gasteiger partial charge in [0.25, 0.3) is 0 Å². The predicted octanol–water partition coefficient (Wildman–Crippen LogP) is 3.13. The van der Waals surface area contributed by atoms with Gasteiger partial charge < -0.3 is 14.7 Å². The lowest BCUT2D eigenvalue weighted by molar-refractivity contribution is -0.135. The Kier molecular flexibility index (Phi) is 6.83. The van der Waals surface area contributed by atoms with Gasteiger partial charge in [-0.2, -0.15) is 16.3 Å². The number of aromatic nitrogens is 2. The van der Waals surface area contributed by atoms with Gasteiger partial charge >= 0.3 is 0 Å². The highest BCUT2D eigenvalue weighted by Crippen LogP contribution is 2.21. The summed E-state index contributed by atoms with van der Waals surface area (Å²) in [4.78, 5) is 31.0. The molecule has 0 spiro atoms. The Hall–Kier alpha value is -2.22. The highest BCUT2D eigenvalue weighted by molar-refractivity contribution is 7.08. The molecule has 0 aromatic carbocycles. The fraction of sp³-hybridized carbons (Fsp3) is 0.600. The smallest absolute Gasteiger partial charge is 0.227 e. The molecule has 1 aliphatic rings. The summed E-state index contributed by atoms with van der Waals surface area (Å²) in [6.45, 7) is 7.47. The SMILES string of the molecule is CC(C)C(C)NC(=O)C1CCN(C(=O)CCc2nc(-c3ccsc3)no2)CC1. The maximum Gasteiger partial charge on any atom is 0.227 e. The summed E-state index contributed by atoms with van der Waals surface area (Å²) in [5, 5.41) is 11.0. The average molecular weight is 405 g/mol. The lowest BCUT2D eigenvalue weighted by Gasteiger charge is -2.32. The largest absolute Gasteiger partial charge is 0.353 e. The number of hydrogen-bond donors (Lipinski definition) is 1. The number of carbonyl (C=O) groups excluding carboxylic acids is 2. The summed E-state index contributed by atoms with van der Waals surface area (Å²) in [5.41, 5.74) is 0.929. The highest BCUT2D eigenvalue weighted by atomic mass is 32.1. The Morgan fingerprint density at radius 2 is 2.07 bits per heavy atom. The summed E-state index contributed by atoms with van der Waals surface area (Å²) < 4.78 is 5.25. The standard InChI is InChI=1S/C20H28N4O3S/c1-13(2)14(3)21-20(26)15-6-9-24(10-7-15)18(25)5-4-17-22-19(23-27-17)16-8-11-28-12-16/h8,11-15H,4-7,9-10H2,1-3H3,(H,21,26). The average Bonchev–Trinajstić information content (AvgIpc) is 3.37. The summed E-state index contributed by atoms with van der Waals surface area (Å²) in [7, 11) is 0. The van der Waals surface area contributed by atoms with Crippen molar-refractivity contribution in [2.45, 2.75) is 52.5 Å². The molecule has 1 saturated heterocycles. The molecule has 1 N–H and O–H groups in total. The van der Waals surface area contributed by atoms with Crippen LogP contribution in [0.15, 0.2) is 21.3 Å². The van der Waals surface area contributed by atoms with Crippen molar-refractivity contribution in [2.24, 2.45) is 11.8 Å². The molecule has 8 heteroatoms. The Balaban J connectivity index is 1.42. The minimum atomic E-state index is -0.00522. The monoisotopic (exact) mass is 404 g/mol. The molecule has 1 atom stereocenters. The molecular formula is C20H28N4O3S. The van der Waals surface area contributed by atoms with E-state index >= 15 is 0 Å². The summed E-state index contributed by atoms with van der Waals surface area (Å²) >= 11 is 1.58. The maximum absolute atomic E-state index is 12.5. The van der Waals surface area contributed by atoms with Crippen LogP contribution in [-0.2, 0) is 16.0 Å². The van der Waals surface area contributed by atoms with Gasteiger partial charge in [0.2, 0.25) is 23.5 Å². The zero-order chi connectivity index (χ0) is 20.1. The summed E-state index contributed by atoms with van der Waals surface area (Å²) in [5.74, 6) is 1.63. The minimum Gasteiger partial charge on any atom is -0.353 e. The van der Waals surface area contributed by atoms with Gasteiger partial charge in [0.15, 0.2) is 0 Å². The maximum atomic E-state index is 12.5. The van der Waals surface area contributed by atoms with E-state index in [-0.39, 0.29) is 23.8 Å². The molecule has 0 saturated carbocycles.